The maximum absolute atomic E-state index is 14.1. The second kappa shape index (κ2) is 10.3. The van der Waals surface area contributed by atoms with Gasteiger partial charge < -0.3 is 20.6 Å². The van der Waals surface area contributed by atoms with E-state index in [0.29, 0.717) is 22.1 Å². The number of piperidine rings is 1. The lowest BCUT2D eigenvalue weighted by Gasteiger charge is -2.29. The Bertz CT molecular complexity index is 1970. The van der Waals surface area contributed by atoms with Crippen LogP contribution in [-0.4, -0.2) is 55.9 Å². The lowest BCUT2D eigenvalue weighted by molar-refractivity contribution is 0.0717. The zero-order valence-electron chi connectivity index (χ0n) is 23.6. The van der Waals surface area contributed by atoms with Crippen LogP contribution in [0, 0.1) is 18.3 Å². The summed E-state index contributed by atoms with van der Waals surface area (Å²) in [6.45, 7) is 3.03. The molecule has 1 atom stereocenters. The Morgan fingerprint density at radius 2 is 1.86 bits per heavy atom. The van der Waals surface area contributed by atoms with E-state index in [-0.39, 0.29) is 31.1 Å². The Morgan fingerprint density at radius 3 is 2.58 bits per heavy atom. The van der Waals surface area contributed by atoms with Gasteiger partial charge in [0.2, 0.25) is 5.91 Å². The first kappa shape index (κ1) is 27.3. The van der Waals surface area contributed by atoms with Gasteiger partial charge in [0.15, 0.2) is 0 Å². The summed E-state index contributed by atoms with van der Waals surface area (Å²) in [4.78, 5) is 26.2. The largest absolute Gasteiger partial charge is 0.366 e. The SMILES string of the molecule is Cc1c(-c2cc3ccc(-c4ccc(C(N)=O)cc4Cl)cc3n2CC2CC2)nn2cc(C(=O)N3CC(=N)C[C@@H](F)C3)ccc12. The molecular weight excluding hydrogens is 567 g/mol. The summed E-state index contributed by atoms with van der Waals surface area (Å²) in [6.07, 6.45) is 2.93. The first-order chi connectivity index (χ1) is 20.7. The lowest BCUT2D eigenvalue weighted by atomic mass is 10.0. The Hall–Kier alpha value is -4.50. The molecule has 0 unspecified atom stereocenters. The minimum atomic E-state index is -1.22. The molecule has 218 valence electrons. The highest BCUT2D eigenvalue weighted by Crippen LogP contribution is 2.39. The predicted molar refractivity (Wildman–Crippen MR) is 166 cm³/mol. The Balaban J connectivity index is 1.30. The number of hydrogen-bond donors (Lipinski definition) is 2. The molecule has 43 heavy (non-hydrogen) atoms. The van der Waals surface area contributed by atoms with E-state index in [1.165, 1.54) is 17.7 Å². The highest BCUT2D eigenvalue weighted by Gasteiger charge is 2.29. The Morgan fingerprint density at radius 1 is 1.07 bits per heavy atom. The fraction of sp³-hybridized carbons (Fsp3) is 0.273. The van der Waals surface area contributed by atoms with E-state index < -0.39 is 12.1 Å². The van der Waals surface area contributed by atoms with Crippen molar-refractivity contribution >= 4 is 45.5 Å². The molecule has 10 heteroatoms. The van der Waals surface area contributed by atoms with Gasteiger partial charge in [-0.15, -0.1) is 0 Å². The van der Waals surface area contributed by atoms with Gasteiger partial charge in [0.05, 0.1) is 29.9 Å². The van der Waals surface area contributed by atoms with E-state index in [9.17, 15) is 14.0 Å². The number of carbonyl (C=O) groups is 2. The smallest absolute Gasteiger partial charge is 0.255 e. The van der Waals surface area contributed by atoms with Crippen molar-refractivity contribution in [1.29, 1.82) is 5.41 Å². The third-order valence-corrected chi connectivity index (χ3v) is 8.84. The number of nitrogens with one attached hydrogen (secondary N) is 1. The van der Waals surface area contributed by atoms with Crippen molar-refractivity contribution in [2.45, 2.75) is 38.9 Å². The lowest BCUT2D eigenvalue weighted by Crippen LogP contribution is -2.45. The summed E-state index contributed by atoms with van der Waals surface area (Å²) in [6, 6.07) is 17.1. The summed E-state index contributed by atoms with van der Waals surface area (Å²) in [5, 5.41) is 14.4. The van der Waals surface area contributed by atoms with Gasteiger partial charge in [0.25, 0.3) is 5.91 Å². The number of halogens is 2. The summed E-state index contributed by atoms with van der Waals surface area (Å²) in [5.41, 5.74) is 12.9. The van der Waals surface area contributed by atoms with Crippen LogP contribution in [0.1, 0.15) is 45.5 Å². The van der Waals surface area contributed by atoms with Crippen LogP contribution in [-0.2, 0) is 6.54 Å². The van der Waals surface area contributed by atoms with Crippen molar-refractivity contribution in [3.05, 3.63) is 82.5 Å². The maximum atomic E-state index is 14.1. The van der Waals surface area contributed by atoms with E-state index in [4.69, 9.17) is 27.8 Å². The number of amides is 2. The van der Waals surface area contributed by atoms with Crippen LogP contribution < -0.4 is 5.73 Å². The molecule has 1 saturated heterocycles. The van der Waals surface area contributed by atoms with Crippen LogP contribution in [0.5, 0.6) is 0 Å². The Labute approximate surface area is 252 Å². The molecule has 2 aromatic carbocycles. The number of aryl methyl sites for hydroxylation is 1. The minimum Gasteiger partial charge on any atom is -0.366 e. The molecule has 5 aromatic rings. The molecule has 0 radical (unpaired) electrons. The zero-order chi connectivity index (χ0) is 30.0. The highest BCUT2D eigenvalue weighted by molar-refractivity contribution is 6.33. The number of rotatable bonds is 6. The van der Waals surface area contributed by atoms with Crippen LogP contribution >= 0.6 is 11.6 Å². The number of benzene rings is 2. The second-order valence-electron chi connectivity index (χ2n) is 11.7. The van der Waals surface area contributed by atoms with Crippen LogP contribution in [0.15, 0.2) is 60.8 Å². The number of nitrogens with two attached hydrogens (primary N) is 1. The van der Waals surface area contributed by atoms with Crippen molar-refractivity contribution in [3.8, 4) is 22.5 Å². The third kappa shape index (κ3) is 4.97. The average Bonchev–Trinajstić information content (AvgIpc) is 3.65. The molecule has 8 nitrogen and oxygen atoms in total. The number of carbonyl (C=O) groups excluding carboxylic acids is 2. The molecule has 3 aromatic heterocycles. The normalized spacial score (nSPS) is 17.2. The van der Waals surface area contributed by atoms with Gasteiger partial charge in [-0.05, 0) is 67.6 Å². The second-order valence-corrected chi connectivity index (χ2v) is 12.1. The number of primary amides is 1. The van der Waals surface area contributed by atoms with E-state index in [1.54, 1.807) is 28.9 Å². The number of aromatic nitrogens is 3. The molecule has 0 bridgehead atoms. The number of fused-ring (bicyclic) bond motifs is 2. The fourth-order valence-corrected chi connectivity index (χ4v) is 6.38. The summed E-state index contributed by atoms with van der Waals surface area (Å²) < 4.78 is 18.1. The standard InChI is InChI=1S/C33H30ClFN6O2/c1-18-28-9-7-23(33(43)39-16-24(35)13-25(36)17-39)15-41(28)38-31(18)30-12-21-5-4-20(11-29(21)40(30)14-19-2-3-19)26-8-6-22(32(37)42)10-27(26)34/h4-12,15,19,24,36H,2-3,13-14,16-17H2,1H3,(H2,37,42)/t24-/m1/s1. The van der Waals surface area contributed by atoms with E-state index >= 15 is 0 Å². The first-order valence-corrected chi connectivity index (χ1v) is 14.8. The van der Waals surface area contributed by atoms with Gasteiger partial charge in [0, 0.05) is 57.5 Å². The van der Waals surface area contributed by atoms with Crippen LogP contribution in [0.3, 0.4) is 0 Å². The van der Waals surface area contributed by atoms with Crippen molar-refractivity contribution < 1.29 is 14.0 Å². The van der Waals surface area contributed by atoms with Crippen molar-refractivity contribution in [1.82, 2.24) is 19.1 Å². The number of nitrogens with zero attached hydrogens (tertiary/aromatic N) is 4. The predicted octanol–water partition coefficient (Wildman–Crippen LogP) is 6.30. The summed E-state index contributed by atoms with van der Waals surface area (Å²) >= 11 is 6.58. The van der Waals surface area contributed by atoms with E-state index in [1.807, 2.05) is 25.1 Å². The molecule has 1 saturated carbocycles. The first-order valence-electron chi connectivity index (χ1n) is 14.4. The van der Waals surface area contributed by atoms with Crippen molar-refractivity contribution in [3.63, 3.8) is 0 Å². The van der Waals surface area contributed by atoms with Gasteiger partial charge in [0.1, 0.15) is 11.9 Å². The number of alkyl halides is 1. The van der Waals surface area contributed by atoms with Crippen LogP contribution in [0.2, 0.25) is 5.02 Å². The van der Waals surface area contributed by atoms with Crippen molar-refractivity contribution in [2.75, 3.05) is 13.1 Å². The molecule has 1 aliphatic carbocycles. The molecule has 1 aliphatic heterocycles. The van der Waals surface area contributed by atoms with E-state index in [2.05, 4.69) is 22.8 Å². The average molecular weight is 597 g/mol. The quantitative estimate of drug-likeness (QED) is 0.240. The molecule has 2 amide bonds. The van der Waals surface area contributed by atoms with Crippen LogP contribution in [0.4, 0.5) is 4.39 Å². The van der Waals surface area contributed by atoms with Crippen molar-refractivity contribution in [2.24, 2.45) is 11.7 Å². The minimum absolute atomic E-state index is 0.00755. The molecule has 0 spiro atoms. The van der Waals surface area contributed by atoms with Gasteiger partial charge >= 0.3 is 0 Å². The topological polar surface area (TPSA) is 109 Å². The molecule has 3 N–H and O–H groups in total. The number of likely N-dealkylation sites (tertiary alicyclic amines) is 1. The molecule has 2 fully saturated rings. The highest BCUT2D eigenvalue weighted by atomic mass is 35.5. The molecule has 2 aliphatic rings. The fourth-order valence-electron chi connectivity index (χ4n) is 6.09. The summed E-state index contributed by atoms with van der Waals surface area (Å²) in [7, 11) is 0. The monoisotopic (exact) mass is 596 g/mol. The molecule has 7 rings (SSSR count). The van der Waals surface area contributed by atoms with E-state index in [0.717, 1.165) is 51.0 Å². The molecule has 4 heterocycles. The zero-order valence-corrected chi connectivity index (χ0v) is 24.4. The maximum Gasteiger partial charge on any atom is 0.255 e. The Kier molecular flexibility index (Phi) is 6.58. The van der Waals surface area contributed by atoms with Gasteiger partial charge in [-0.1, -0.05) is 29.8 Å². The third-order valence-electron chi connectivity index (χ3n) is 8.53. The van der Waals surface area contributed by atoms with Gasteiger partial charge in [-0.2, -0.15) is 5.10 Å². The van der Waals surface area contributed by atoms with Crippen LogP contribution in [0.25, 0.3) is 38.9 Å². The van der Waals surface area contributed by atoms with Gasteiger partial charge in [-0.3, -0.25) is 9.59 Å². The summed E-state index contributed by atoms with van der Waals surface area (Å²) in [5.74, 6) is -0.228. The number of hydrogen-bond acceptors (Lipinski definition) is 4. The van der Waals surface area contributed by atoms with Gasteiger partial charge in [-0.25, -0.2) is 8.91 Å². The molecular formula is C33H30ClFN6O2. The number of pyridine rings is 1.